The van der Waals surface area contributed by atoms with E-state index in [9.17, 15) is 13.6 Å². The lowest BCUT2D eigenvalue weighted by molar-refractivity contribution is -0.0138. The number of ether oxygens (including phenoxy) is 1. The summed E-state index contributed by atoms with van der Waals surface area (Å²) in [6, 6.07) is -1.49. The fraction of sp³-hybridized carbons (Fsp3) is 0.933. The lowest BCUT2D eigenvalue weighted by Crippen LogP contribution is -2.53. The van der Waals surface area contributed by atoms with E-state index < -0.39 is 24.2 Å². The molecule has 0 aromatic carbocycles. The number of carbonyl (C=O) groups excluding carboxylic acids is 1. The van der Waals surface area contributed by atoms with Crippen molar-refractivity contribution in [2.24, 2.45) is 11.1 Å². The zero-order valence-corrected chi connectivity index (χ0v) is 13.7. The minimum atomic E-state index is -2.57. The lowest BCUT2D eigenvalue weighted by Gasteiger charge is -2.44. The van der Waals surface area contributed by atoms with E-state index in [1.807, 2.05) is 0 Å². The van der Waals surface area contributed by atoms with Crippen molar-refractivity contribution >= 4 is 6.09 Å². The Bertz CT molecular complexity index is 367. The summed E-state index contributed by atoms with van der Waals surface area (Å²) >= 11 is 0. The first-order valence-electron chi connectivity index (χ1n) is 7.45. The van der Waals surface area contributed by atoms with Gasteiger partial charge in [0.2, 0.25) is 0 Å². The Morgan fingerprint density at radius 2 is 2.00 bits per heavy atom. The molecule has 6 heteroatoms. The van der Waals surface area contributed by atoms with Gasteiger partial charge in [0.1, 0.15) is 5.60 Å². The second kappa shape index (κ2) is 6.46. The van der Waals surface area contributed by atoms with E-state index in [1.165, 1.54) is 0 Å². The predicted octanol–water partition coefficient (Wildman–Crippen LogP) is 3.39. The van der Waals surface area contributed by atoms with Gasteiger partial charge < -0.3 is 15.4 Å². The van der Waals surface area contributed by atoms with Crippen molar-refractivity contribution in [2.75, 3.05) is 6.54 Å². The molecule has 0 bridgehead atoms. The van der Waals surface area contributed by atoms with Gasteiger partial charge in [0.15, 0.2) is 0 Å². The van der Waals surface area contributed by atoms with Crippen LogP contribution in [0.25, 0.3) is 0 Å². The Balaban J connectivity index is 2.82. The summed E-state index contributed by atoms with van der Waals surface area (Å²) in [5.41, 5.74) is 4.83. The van der Waals surface area contributed by atoms with Crippen LogP contribution in [0.3, 0.4) is 0 Å². The maximum atomic E-state index is 12.7. The van der Waals surface area contributed by atoms with Crippen LogP contribution in [0.4, 0.5) is 13.6 Å². The SMILES string of the molecule is CC1(C)CCC(CC(N)C(F)F)N(C(=O)OC(C)(C)C)C1. The number of hydrogen-bond acceptors (Lipinski definition) is 3. The minimum absolute atomic E-state index is 0.0394. The van der Waals surface area contributed by atoms with E-state index in [0.717, 1.165) is 6.42 Å². The number of halogens is 2. The first kappa shape index (κ1) is 18.1. The number of likely N-dealkylation sites (tertiary alicyclic amines) is 1. The number of nitrogens with zero attached hydrogens (tertiary/aromatic N) is 1. The highest BCUT2D eigenvalue weighted by Gasteiger charge is 2.39. The molecule has 1 fully saturated rings. The third-order valence-corrected chi connectivity index (χ3v) is 3.69. The number of carbonyl (C=O) groups is 1. The van der Waals surface area contributed by atoms with Crippen molar-refractivity contribution in [3.63, 3.8) is 0 Å². The van der Waals surface area contributed by atoms with Crippen molar-refractivity contribution in [2.45, 2.75) is 78.0 Å². The second-order valence-electron chi connectivity index (χ2n) is 7.70. The molecule has 1 aliphatic rings. The van der Waals surface area contributed by atoms with Crippen LogP contribution in [0.15, 0.2) is 0 Å². The summed E-state index contributed by atoms with van der Waals surface area (Å²) in [5, 5.41) is 0. The summed E-state index contributed by atoms with van der Waals surface area (Å²) < 4.78 is 30.8. The van der Waals surface area contributed by atoms with Gasteiger partial charge >= 0.3 is 6.09 Å². The highest BCUT2D eigenvalue weighted by atomic mass is 19.3. The summed E-state index contributed by atoms with van der Waals surface area (Å²) in [6.07, 6.45) is -1.35. The molecule has 2 N–H and O–H groups in total. The molecule has 1 amide bonds. The molecule has 1 rings (SSSR count). The molecule has 4 nitrogen and oxygen atoms in total. The van der Waals surface area contributed by atoms with Crippen LogP contribution in [0, 0.1) is 5.41 Å². The van der Waals surface area contributed by atoms with Crippen molar-refractivity contribution in [3.05, 3.63) is 0 Å². The van der Waals surface area contributed by atoms with Crippen LogP contribution in [-0.4, -0.2) is 41.6 Å². The molecule has 1 heterocycles. The largest absolute Gasteiger partial charge is 0.444 e. The summed E-state index contributed by atoms with van der Waals surface area (Å²) in [5.74, 6) is 0. The van der Waals surface area contributed by atoms with E-state index in [-0.39, 0.29) is 17.9 Å². The van der Waals surface area contributed by atoms with Gasteiger partial charge in [0.05, 0.1) is 6.04 Å². The predicted molar refractivity (Wildman–Crippen MR) is 78.3 cm³/mol. The smallest absolute Gasteiger partial charge is 0.410 e. The van der Waals surface area contributed by atoms with Gasteiger partial charge in [0, 0.05) is 12.6 Å². The average molecular weight is 306 g/mol. The van der Waals surface area contributed by atoms with E-state index in [0.29, 0.717) is 13.0 Å². The zero-order valence-electron chi connectivity index (χ0n) is 13.7. The quantitative estimate of drug-likeness (QED) is 0.869. The zero-order chi connectivity index (χ0) is 16.4. The van der Waals surface area contributed by atoms with Crippen molar-refractivity contribution in [1.82, 2.24) is 4.90 Å². The molecule has 2 unspecified atom stereocenters. The number of alkyl halides is 2. The van der Waals surface area contributed by atoms with Crippen LogP contribution in [0.2, 0.25) is 0 Å². The monoisotopic (exact) mass is 306 g/mol. The maximum Gasteiger partial charge on any atom is 0.410 e. The number of piperidine rings is 1. The van der Waals surface area contributed by atoms with E-state index in [1.54, 1.807) is 25.7 Å². The number of hydrogen-bond donors (Lipinski definition) is 1. The van der Waals surface area contributed by atoms with Crippen LogP contribution >= 0.6 is 0 Å². The van der Waals surface area contributed by atoms with Gasteiger partial charge in [-0.1, -0.05) is 13.8 Å². The maximum absolute atomic E-state index is 12.7. The van der Waals surface area contributed by atoms with Crippen molar-refractivity contribution < 1.29 is 18.3 Å². The first-order valence-corrected chi connectivity index (χ1v) is 7.45. The number of nitrogens with two attached hydrogens (primary N) is 1. The topological polar surface area (TPSA) is 55.6 Å². The molecule has 0 radical (unpaired) electrons. The molecule has 1 saturated heterocycles. The third kappa shape index (κ3) is 5.77. The lowest BCUT2D eigenvalue weighted by atomic mass is 9.80. The van der Waals surface area contributed by atoms with Gasteiger partial charge in [-0.05, 0) is 45.4 Å². The summed E-state index contributed by atoms with van der Waals surface area (Å²) in [7, 11) is 0. The third-order valence-electron chi connectivity index (χ3n) is 3.69. The average Bonchev–Trinajstić information content (AvgIpc) is 2.28. The first-order chi connectivity index (χ1) is 9.41. The molecule has 1 aliphatic heterocycles. The molecular formula is C15H28F2N2O2. The second-order valence-corrected chi connectivity index (χ2v) is 7.70. The van der Waals surface area contributed by atoms with Gasteiger partial charge in [0.25, 0.3) is 6.43 Å². The molecule has 0 aromatic heterocycles. The van der Waals surface area contributed by atoms with E-state index in [2.05, 4.69) is 13.8 Å². The van der Waals surface area contributed by atoms with Gasteiger partial charge in [-0.2, -0.15) is 0 Å². The van der Waals surface area contributed by atoms with Gasteiger partial charge in [-0.3, -0.25) is 0 Å². The van der Waals surface area contributed by atoms with Crippen LogP contribution in [-0.2, 0) is 4.74 Å². The molecule has 124 valence electrons. The molecule has 0 spiro atoms. The molecular weight excluding hydrogens is 278 g/mol. The summed E-state index contributed by atoms with van der Waals surface area (Å²) in [4.78, 5) is 13.9. The van der Waals surface area contributed by atoms with Crippen LogP contribution in [0.1, 0.15) is 53.9 Å². The van der Waals surface area contributed by atoms with Gasteiger partial charge in [-0.15, -0.1) is 0 Å². The van der Waals surface area contributed by atoms with E-state index >= 15 is 0 Å². The highest BCUT2D eigenvalue weighted by Crippen LogP contribution is 2.34. The Morgan fingerprint density at radius 1 is 1.43 bits per heavy atom. The van der Waals surface area contributed by atoms with Crippen LogP contribution < -0.4 is 5.73 Å². The van der Waals surface area contributed by atoms with Crippen molar-refractivity contribution in [1.29, 1.82) is 0 Å². The fourth-order valence-corrected chi connectivity index (χ4v) is 2.58. The van der Waals surface area contributed by atoms with E-state index in [4.69, 9.17) is 10.5 Å². The van der Waals surface area contributed by atoms with Gasteiger partial charge in [-0.25, -0.2) is 13.6 Å². The Kier molecular flexibility index (Phi) is 5.58. The number of amides is 1. The number of rotatable bonds is 3. The van der Waals surface area contributed by atoms with Crippen molar-refractivity contribution in [3.8, 4) is 0 Å². The Labute approximate surface area is 126 Å². The molecule has 0 saturated carbocycles. The molecule has 0 aliphatic carbocycles. The standard InChI is InChI=1S/C15H28F2N2O2/c1-14(2,3)21-13(20)19-9-15(4,5)7-6-10(19)8-11(18)12(16)17/h10-12H,6-9,18H2,1-5H3. The molecule has 21 heavy (non-hydrogen) atoms. The Morgan fingerprint density at radius 3 is 2.48 bits per heavy atom. The summed E-state index contributed by atoms with van der Waals surface area (Å²) in [6.45, 7) is 10.0. The fourth-order valence-electron chi connectivity index (χ4n) is 2.58. The molecule has 0 aromatic rings. The highest BCUT2D eigenvalue weighted by molar-refractivity contribution is 5.68. The van der Waals surface area contributed by atoms with Crippen LogP contribution in [0.5, 0.6) is 0 Å². The Hall–Kier alpha value is -0.910. The normalized spacial score (nSPS) is 24.0. The minimum Gasteiger partial charge on any atom is -0.444 e. The molecule has 2 atom stereocenters.